The molecule has 1 saturated heterocycles. The molecule has 1 nitrogen and oxygen atoms in total. The number of nitrogens with one attached hydrogen (secondary N) is 1. The van der Waals surface area contributed by atoms with Crippen molar-refractivity contribution in [1.29, 1.82) is 0 Å². The molecule has 0 saturated carbocycles. The lowest BCUT2D eigenvalue weighted by atomic mass is 10.0. The molecule has 1 atom stereocenters. The first-order chi connectivity index (χ1) is 7.27. The summed E-state index contributed by atoms with van der Waals surface area (Å²) < 4.78 is 0. The Morgan fingerprint density at radius 2 is 2.20 bits per heavy atom. The first kappa shape index (κ1) is 11.3. The Hall–Kier alpha value is -0.240. The number of halogens is 2. The van der Waals surface area contributed by atoms with Crippen molar-refractivity contribution in [3.05, 3.63) is 33.8 Å². The van der Waals surface area contributed by atoms with Gasteiger partial charge in [0.2, 0.25) is 0 Å². The van der Waals surface area contributed by atoms with Crippen LogP contribution in [0.25, 0.3) is 0 Å². The zero-order chi connectivity index (χ0) is 10.7. The number of aryl methyl sites for hydroxylation is 1. The highest BCUT2D eigenvalue weighted by molar-refractivity contribution is 6.42. The average molecular weight is 244 g/mol. The highest BCUT2D eigenvalue weighted by Crippen LogP contribution is 2.27. The molecule has 1 aliphatic heterocycles. The predicted molar refractivity (Wildman–Crippen MR) is 65.8 cm³/mol. The lowest BCUT2D eigenvalue weighted by Crippen LogP contribution is -2.21. The van der Waals surface area contributed by atoms with Crippen molar-refractivity contribution >= 4 is 23.2 Å². The number of rotatable bonds is 3. The Kier molecular flexibility index (Phi) is 3.90. The van der Waals surface area contributed by atoms with Gasteiger partial charge in [-0.15, -0.1) is 0 Å². The first-order valence-corrected chi connectivity index (χ1v) is 6.19. The summed E-state index contributed by atoms with van der Waals surface area (Å²) in [6.45, 7) is 1.16. The zero-order valence-corrected chi connectivity index (χ0v) is 10.1. The molecule has 3 heteroatoms. The minimum atomic E-state index is 0.661. The zero-order valence-electron chi connectivity index (χ0n) is 8.60. The van der Waals surface area contributed by atoms with Gasteiger partial charge >= 0.3 is 0 Å². The smallest absolute Gasteiger partial charge is 0.0624 e. The molecule has 0 aromatic heterocycles. The Morgan fingerprint density at radius 3 is 2.93 bits per heavy atom. The van der Waals surface area contributed by atoms with Crippen LogP contribution in [0.5, 0.6) is 0 Å². The van der Waals surface area contributed by atoms with E-state index in [0.29, 0.717) is 11.1 Å². The average Bonchev–Trinajstić information content (AvgIpc) is 2.73. The molecule has 1 fully saturated rings. The van der Waals surface area contributed by atoms with E-state index in [0.717, 1.165) is 30.0 Å². The van der Waals surface area contributed by atoms with E-state index in [-0.39, 0.29) is 0 Å². The summed E-state index contributed by atoms with van der Waals surface area (Å²) in [5, 5.41) is 4.87. The van der Waals surface area contributed by atoms with Crippen LogP contribution >= 0.6 is 23.2 Å². The molecule has 1 aromatic rings. The van der Waals surface area contributed by atoms with Gasteiger partial charge in [0, 0.05) is 6.04 Å². The van der Waals surface area contributed by atoms with Crippen molar-refractivity contribution in [2.45, 2.75) is 31.7 Å². The lowest BCUT2D eigenvalue weighted by molar-refractivity contribution is 0.559. The fourth-order valence-electron chi connectivity index (χ4n) is 2.07. The van der Waals surface area contributed by atoms with E-state index in [9.17, 15) is 0 Å². The summed E-state index contributed by atoms with van der Waals surface area (Å²) >= 11 is 12.1. The summed E-state index contributed by atoms with van der Waals surface area (Å²) in [7, 11) is 0. The van der Waals surface area contributed by atoms with Crippen LogP contribution in [0, 0.1) is 0 Å². The third-order valence-corrected chi connectivity index (χ3v) is 3.81. The van der Waals surface area contributed by atoms with Crippen molar-refractivity contribution in [3.63, 3.8) is 0 Å². The normalized spacial score (nSPS) is 20.8. The van der Waals surface area contributed by atoms with Crippen LogP contribution < -0.4 is 5.32 Å². The molecule has 0 radical (unpaired) electrons. The Morgan fingerprint density at radius 1 is 1.33 bits per heavy atom. The molecule has 1 unspecified atom stereocenters. The van der Waals surface area contributed by atoms with Crippen molar-refractivity contribution < 1.29 is 0 Å². The quantitative estimate of drug-likeness (QED) is 0.855. The SMILES string of the molecule is Clc1cccc(CCC2CCCN2)c1Cl. The van der Waals surface area contributed by atoms with Gasteiger partial charge in [-0.3, -0.25) is 0 Å². The summed E-state index contributed by atoms with van der Waals surface area (Å²) in [4.78, 5) is 0. The van der Waals surface area contributed by atoms with Gasteiger partial charge < -0.3 is 5.32 Å². The number of hydrogen-bond acceptors (Lipinski definition) is 1. The largest absolute Gasteiger partial charge is 0.314 e. The van der Waals surface area contributed by atoms with Crippen molar-refractivity contribution in [2.24, 2.45) is 0 Å². The number of hydrogen-bond donors (Lipinski definition) is 1. The summed E-state index contributed by atoms with van der Waals surface area (Å²) in [5.41, 5.74) is 1.16. The molecule has 0 amide bonds. The summed E-state index contributed by atoms with van der Waals surface area (Å²) in [6.07, 6.45) is 4.75. The second kappa shape index (κ2) is 5.20. The molecule has 1 aliphatic rings. The van der Waals surface area contributed by atoms with Gasteiger partial charge in [-0.2, -0.15) is 0 Å². The van der Waals surface area contributed by atoms with Crippen molar-refractivity contribution in [2.75, 3.05) is 6.54 Å². The first-order valence-electron chi connectivity index (χ1n) is 5.43. The van der Waals surface area contributed by atoms with Crippen LogP contribution in [-0.2, 0) is 6.42 Å². The molecule has 1 N–H and O–H groups in total. The summed E-state index contributed by atoms with van der Waals surface area (Å²) in [5.74, 6) is 0. The van der Waals surface area contributed by atoms with E-state index in [1.165, 1.54) is 12.8 Å². The summed E-state index contributed by atoms with van der Waals surface area (Å²) in [6, 6.07) is 6.52. The maximum atomic E-state index is 6.13. The van der Waals surface area contributed by atoms with E-state index >= 15 is 0 Å². The van der Waals surface area contributed by atoms with Gasteiger partial charge in [-0.1, -0.05) is 35.3 Å². The molecule has 0 bridgehead atoms. The van der Waals surface area contributed by atoms with E-state index < -0.39 is 0 Å². The van der Waals surface area contributed by atoms with Crippen molar-refractivity contribution in [3.8, 4) is 0 Å². The molecule has 82 valence electrons. The maximum absolute atomic E-state index is 6.13. The Bertz CT molecular complexity index is 332. The molecule has 15 heavy (non-hydrogen) atoms. The lowest BCUT2D eigenvalue weighted by Gasteiger charge is -2.11. The molecule has 1 heterocycles. The maximum Gasteiger partial charge on any atom is 0.0624 e. The second-order valence-electron chi connectivity index (χ2n) is 4.04. The monoisotopic (exact) mass is 243 g/mol. The van der Waals surface area contributed by atoms with Crippen molar-refractivity contribution in [1.82, 2.24) is 5.32 Å². The second-order valence-corrected chi connectivity index (χ2v) is 4.83. The van der Waals surface area contributed by atoms with E-state index in [4.69, 9.17) is 23.2 Å². The van der Waals surface area contributed by atoms with E-state index in [1.807, 2.05) is 12.1 Å². The van der Waals surface area contributed by atoms with Gasteiger partial charge in [0.1, 0.15) is 0 Å². The van der Waals surface area contributed by atoms with Gasteiger partial charge in [0.05, 0.1) is 10.0 Å². The highest BCUT2D eigenvalue weighted by atomic mass is 35.5. The van der Waals surface area contributed by atoms with Crippen LogP contribution in [0.1, 0.15) is 24.8 Å². The Balaban J connectivity index is 1.95. The van der Waals surface area contributed by atoms with E-state index in [2.05, 4.69) is 11.4 Å². The van der Waals surface area contributed by atoms with Crippen LogP contribution in [0.15, 0.2) is 18.2 Å². The Labute approximate surface area is 101 Å². The fraction of sp³-hybridized carbons (Fsp3) is 0.500. The molecule has 2 rings (SSSR count). The molecule has 1 aromatic carbocycles. The van der Waals surface area contributed by atoms with E-state index in [1.54, 1.807) is 0 Å². The minimum absolute atomic E-state index is 0.661. The van der Waals surface area contributed by atoms with Gasteiger partial charge in [-0.25, -0.2) is 0 Å². The standard InChI is InChI=1S/C12H15Cl2N/c13-11-5-1-3-9(12(11)14)6-7-10-4-2-8-15-10/h1,3,5,10,15H,2,4,6-8H2. The van der Waals surface area contributed by atoms with Gasteiger partial charge in [0.15, 0.2) is 0 Å². The minimum Gasteiger partial charge on any atom is -0.314 e. The van der Waals surface area contributed by atoms with Crippen LogP contribution in [0.2, 0.25) is 10.0 Å². The van der Waals surface area contributed by atoms with Gasteiger partial charge in [-0.05, 0) is 43.9 Å². The highest BCUT2D eigenvalue weighted by Gasteiger charge is 2.14. The fourth-order valence-corrected chi connectivity index (χ4v) is 2.49. The molecular weight excluding hydrogens is 229 g/mol. The van der Waals surface area contributed by atoms with Crippen LogP contribution in [0.3, 0.4) is 0 Å². The van der Waals surface area contributed by atoms with Crippen LogP contribution in [-0.4, -0.2) is 12.6 Å². The molecular formula is C12H15Cl2N. The third kappa shape index (κ3) is 2.87. The van der Waals surface area contributed by atoms with Gasteiger partial charge in [0.25, 0.3) is 0 Å². The molecule has 0 aliphatic carbocycles. The molecule has 0 spiro atoms. The third-order valence-electron chi connectivity index (χ3n) is 2.96. The topological polar surface area (TPSA) is 12.0 Å². The number of benzene rings is 1. The predicted octanol–water partition coefficient (Wildman–Crippen LogP) is 3.68. The van der Waals surface area contributed by atoms with Crippen LogP contribution in [0.4, 0.5) is 0 Å².